The third kappa shape index (κ3) is 3.83. The zero-order valence-corrected chi connectivity index (χ0v) is 17.9. The van der Waals surface area contributed by atoms with E-state index in [1.165, 1.54) is 33.9 Å². The molecular formula is C20H18N4O4S2. The number of aromatic nitrogens is 3. The molecule has 154 valence electrons. The first kappa shape index (κ1) is 20.2. The van der Waals surface area contributed by atoms with Crippen LogP contribution in [0.1, 0.15) is 11.3 Å². The van der Waals surface area contributed by atoms with Gasteiger partial charge in [-0.3, -0.25) is 14.2 Å². The highest BCUT2D eigenvalue weighted by Crippen LogP contribution is 2.25. The highest BCUT2D eigenvalue weighted by molar-refractivity contribution is 8.00. The third-order valence-electron chi connectivity index (χ3n) is 4.47. The van der Waals surface area contributed by atoms with Crippen molar-refractivity contribution in [1.29, 1.82) is 0 Å². The average molecular weight is 443 g/mol. The van der Waals surface area contributed by atoms with Crippen LogP contribution in [0.25, 0.3) is 16.0 Å². The van der Waals surface area contributed by atoms with Crippen molar-refractivity contribution in [3.63, 3.8) is 0 Å². The standard InChI is InChI=1S/C20H18N4O4S2/c1-12-5-7-13(8-6-12)24-18(26)16-17(22-19(29-2)30-16)23(20(24)27)11-15(25)21-10-14-4-3-9-28-14/h3-9H,10-11H2,1-2H3,(H,21,25). The van der Waals surface area contributed by atoms with Crippen molar-refractivity contribution in [3.8, 4) is 5.69 Å². The largest absolute Gasteiger partial charge is 0.467 e. The minimum atomic E-state index is -0.609. The number of thiazole rings is 1. The molecule has 1 N–H and O–H groups in total. The van der Waals surface area contributed by atoms with Crippen molar-refractivity contribution in [3.05, 3.63) is 74.8 Å². The number of amides is 1. The van der Waals surface area contributed by atoms with Crippen molar-refractivity contribution in [2.45, 2.75) is 24.4 Å². The van der Waals surface area contributed by atoms with Gasteiger partial charge in [0.2, 0.25) is 5.91 Å². The number of nitrogens with one attached hydrogen (secondary N) is 1. The molecule has 0 aliphatic rings. The van der Waals surface area contributed by atoms with E-state index in [0.717, 1.165) is 10.1 Å². The quantitative estimate of drug-likeness (QED) is 0.461. The van der Waals surface area contributed by atoms with Crippen molar-refractivity contribution < 1.29 is 9.21 Å². The van der Waals surface area contributed by atoms with Gasteiger partial charge in [-0.2, -0.15) is 0 Å². The summed E-state index contributed by atoms with van der Waals surface area (Å²) in [6.45, 7) is 1.86. The minimum Gasteiger partial charge on any atom is -0.467 e. The zero-order chi connectivity index (χ0) is 21.3. The van der Waals surface area contributed by atoms with E-state index < -0.39 is 11.2 Å². The van der Waals surface area contributed by atoms with Crippen LogP contribution in [0.2, 0.25) is 0 Å². The average Bonchev–Trinajstić information content (AvgIpc) is 3.41. The monoisotopic (exact) mass is 442 g/mol. The summed E-state index contributed by atoms with van der Waals surface area (Å²) >= 11 is 2.59. The van der Waals surface area contributed by atoms with Crippen LogP contribution in [-0.4, -0.2) is 26.3 Å². The van der Waals surface area contributed by atoms with Crippen molar-refractivity contribution in [2.75, 3.05) is 6.26 Å². The Bertz CT molecular complexity index is 1320. The second-order valence-corrected chi connectivity index (χ2v) is 8.59. The summed E-state index contributed by atoms with van der Waals surface area (Å²) in [6.07, 6.45) is 3.36. The van der Waals surface area contributed by atoms with Gasteiger partial charge in [0.05, 0.1) is 18.5 Å². The molecular weight excluding hydrogens is 424 g/mol. The second-order valence-electron chi connectivity index (χ2n) is 6.54. The molecule has 0 spiro atoms. The number of aryl methyl sites for hydroxylation is 1. The Kier molecular flexibility index (Phi) is 5.60. The summed E-state index contributed by atoms with van der Waals surface area (Å²) in [5, 5.41) is 2.72. The van der Waals surface area contributed by atoms with Gasteiger partial charge in [-0.1, -0.05) is 29.5 Å². The number of rotatable bonds is 6. The van der Waals surface area contributed by atoms with E-state index in [2.05, 4.69) is 10.3 Å². The molecule has 30 heavy (non-hydrogen) atoms. The smallest absolute Gasteiger partial charge is 0.337 e. The lowest BCUT2D eigenvalue weighted by Crippen LogP contribution is -2.41. The van der Waals surface area contributed by atoms with E-state index >= 15 is 0 Å². The van der Waals surface area contributed by atoms with E-state index in [-0.39, 0.29) is 24.6 Å². The van der Waals surface area contributed by atoms with E-state index in [9.17, 15) is 14.4 Å². The Balaban J connectivity index is 1.79. The molecule has 0 bridgehead atoms. The SMILES string of the molecule is CSc1nc2c(s1)c(=O)n(-c1ccc(C)cc1)c(=O)n2CC(=O)NCc1ccco1. The fourth-order valence-electron chi connectivity index (χ4n) is 2.96. The Labute approximate surface area is 179 Å². The van der Waals surface area contributed by atoms with Crippen molar-refractivity contribution in [1.82, 2.24) is 19.4 Å². The molecule has 3 heterocycles. The first-order valence-corrected chi connectivity index (χ1v) is 11.1. The van der Waals surface area contributed by atoms with Crippen molar-refractivity contribution in [2.24, 2.45) is 0 Å². The predicted molar refractivity (Wildman–Crippen MR) is 117 cm³/mol. The second kappa shape index (κ2) is 8.33. The molecule has 0 unspecified atom stereocenters. The maximum atomic E-state index is 13.2. The van der Waals surface area contributed by atoms with E-state index in [4.69, 9.17) is 4.42 Å². The lowest BCUT2D eigenvalue weighted by molar-refractivity contribution is -0.121. The Morgan fingerprint density at radius 2 is 2.00 bits per heavy atom. The van der Waals surface area contributed by atoms with Crippen LogP contribution in [0.5, 0.6) is 0 Å². The number of benzene rings is 1. The number of carbonyl (C=O) groups is 1. The molecule has 0 radical (unpaired) electrons. The summed E-state index contributed by atoms with van der Waals surface area (Å²) in [7, 11) is 0. The van der Waals surface area contributed by atoms with Crippen LogP contribution in [-0.2, 0) is 17.9 Å². The van der Waals surface area contributed by atoms with Gasteiger partial charge in [-0.15, -0.1) is 11.3 Å². The molecule has 0 aliphatic heterocycles. The molecule has 0 aliphatic carbocycles. The van der Waals surface area contributed by atoms with Crippen LogP contribution >= 0.6 is 23.1 Å². The number of furan rings is 1. The summed E-state index contributed by atoms with van der Waals surface area (Å²) in [4.78, 5) is 43.2. The number of nitrogens with zero attached hydrogens (tertiary/aromatic N) is 3. The number of fused-ring (bicyclic) bond motifs is 1. The van der Waals surface area contributed by atoms with Gasteiger partial charge in [0.1, 0.15) is 17.0 Å². The maximum absolute atomic E-state index is 13.2. The molecule has 1 amide bonds. The lowest BCUT2D eigenvalue weighted by Gasteiger charge is -2.11. The third-order valence-corrected chi connectivity index (χ3v) is 6.49. The Hall–Kier alpha value is -3.11. The highest BCUT2D eigenvalue weighted by atomic mass is 32.2. The van der Waals surface area contributed by atoms with Crippen LogP contribution in [0.3, 0.4) is 0 Å². The molecule has 0 saturated carbocycles. The van der Waals surface area contributed by atoms with Gasteiger partial charge in [0, 0.05) is 0 Å². The summed E-state index contributed by atoms with van der Waals surface area (Å²) in [6, 6.07) is 10.5. The molecule has 4 aromatic rings. The minimum absolute atomic E-state index is 0.203. The Morgan fingerprint density at radius 1 is 1.23 bits per heavy atom. The normalized spacial score (nSPS) is 11.1. The Morgan fingerprint density at radius 3 is 2.67 bits per heavy atom. The van der Waals surface area contributed by atoms with Crippen LogP contribution in [0, 0.1) is 6.92 Å². The number of hydrogen-bond donors (Lipinski definition) is 1. The molecule has 0 saturated heterocycles. The van der Waals surface area contributed by atoms with Crippen LogP contribution in [0.4, 0.5) is 0 Å². The molecule has 4 rings (SSSR count). The van der Waals surface area contributed by atoms with Crippen molar-refractivity contribution >= 4 is 39.4 Å². The summed E-state index contributed by atoms with van der Waals surface area (Å²) in [5.41, 5.74) is 0.622. The van der Waals surface area contributed by atoms with Crippen LogP contribution in [0.15, 0.2) is 61.0 Å². The van der Waals surface area contributed by atoms with Gasteiger partial charge in [0.25, 0.3) is 5.56 Å². The zero-order valence-electron chi connectivity index (χ0n) is 16.2. The number of hydrogen-bond acceptors (Lipinski definition) is 7. The van der Waals surface area contributed by atoms with Gasteiger partial charge in [-0.25, -0.2) is 14.3 Å². The van der Waals surface area contributed by atoms with E-state index in [1.807, 2.05) is 25.3 Å². The molecule has 3 aromatic heterocycles. The molecule has 0 fully saturated rings. The topological polar surface area (TPSA) is 99.1 Å². The first-order chi connectivity index (χ1) is 14.5. The molecule has 10 heteroatoms. The predicted octanol–water partition coefficient (Wildman–Crippen LogP) is 2.55. The number of thioether (sulfide) groups is 1. The van der Waals surface area contributed by atoms with Gasteiger partial charge >= 0.3 is 5.69 Å². The van der Waals surface area contributed by atoms with Gasteiger partial charge < -0.3 is 9.73 Å². The molecule has 1 aromatic carbocycles. The van der Waals surface area contributed by atoms with E-state index in [1.54, 1.807) is 24.3 Å². The molecule has 0 atom stereocenters. The summed E-state index contributed by atoms with van der Waals surface area (Å²) < 4.78 is 8.51. The fourth-order valence-corrected chi connectivity index (χ4v) is 4.46. The van der Waals surface area contributed by atoms with Gasteiger partial charge in [-0.05, 0) is 37.4 Å². The summed E-state index contributed by atoms with van der Waals surface area (Å²) in [5.74, 6) is 0.214. The maximum Gasteiger partial charge on any atom is 0.337 e. The number of carbonyl (C=O) groups excluding carboxylic acids is 1. The first-order valence-electron chi connectivity index (χ1n) is 9.04. The lowest BCUT2D eigenvalue weighted by atomic mass is 10.2. The highest BCUT2D eigenvalue weighted by Gasteiger charge is 2.20. The fraction of sp³-hybridized carbons (Fsp3) is 0.200. The van der Waals surface area contributed by atoms with Crippen LogP contribution < -0.4 is 16.6 Å². The molecule has 8 nitrogen and oxygen atoms in total. The van der Waals surface area contributed by atoms with E-state index in [0.29, 0.717) is 20.5 Å². The van der Waals surface area contributed by atoms with Gasteiger partial charge in [0.15, 0.2) is 9.99 Å².